The van der Waals surface area contributed by atoms with Crippen LogP contribution in [0.1, 0.15) is 59.0 Å². The summed E-state index contributed by atoms with van der Waals surface area (Å²) < 4.78 is 26.1. The fourth-order valence-electron chi connectivity index (χ4n) is 4.82. The molecule has 1 aromatic heterocycles. The van der Waals surface area contributed by atoms with Crippen molar-refractivity contribution in [2.75, 3.05) is 19.8 Å². The summed E-state index contributed by atoms with van der Waals surface area (Å²) in [4.78, 5) is 24.4. The molecule has 2 N–H and O–H groups in total. The van der Waals surface area contributed by atoms with E-state index in [1.54, 1.807) is 53.4 Å². The second-order valence-electron chi connectivity index (χ2n) is 9.22. The number of hydrogen-bond acceptors (Lipinski definition) is 6. The molecule has 0 unspecified atom stereocenters. The monoisotopic (exact) mass is 572 g/mol. The van der Waals surface area contributed by atoms with Gasteiger partial charge in [0.2, 0.25) is 0 Å². The molecule has 1 aliphatic carbocycles. The minimum Gasteiger partial charge on any atom is -1.00 e. The lowest BCUT2D eigenvalue weighted by Crippen LogP contribution is -3.00. The summed E-state index contributed by atoms with van der Waals surface area (Å²) in [5.74, 6) is 1.97. The van der Waals surface area contributed by atoms with Gasteiger partial charge in [0.25, 0.3) is 12.1 Å². The Morgan fingerprint density at radius 3 is 2.43 bits per heavy atom. The molecular weight excluding hydrogens is 540 g/mol. The number of terminal acetylenes is 1. The average Bonchev–Trinajstić information content (AvgIpc) is 3.27. The Morgan fingerprint density at radius 2 is 1.73 bits per heavy atom. The summed E-state index contributed by atoms with van der Waals surface area (Å²) in [6, 6.07) is 12.1. The number of aromatic nitrogens is 1. The molecule has 2 heterocycles. The first-order valence-electron chi connectivity index (χ1n) is 12.4. The molecule has 8 nitrogen and oxygen atoms in total. The van der Waals surface area contributed by atoms with Gasteiger partial charge in [-0.2, -0.15) is 4.57 Å². The maximum atomic E-state index is 12.6. The number of ether oxygens (including phenoxy) is 4. The topological polar surface area (TPSA) is 101 Å². The van der Waals surface area contributed by atoms with E-state index in [1.165, 1.54) is 19.3 Å². The third-order valence-corrected chi connectivity index (χ3v) is 6.68. The van der Waals surface area contributed by atoms with Crippen LogP contribution in [0.25, 0.3) is 0 Å². The lowest BCUT2D eigenvalue weighted by Gasteiger charge is -2.27. The van der Waals surface area contributed by atoms with E-state index in [-0.39, 0.29) is 30.2 Å². The van der Waals surface area contributed by atoms with E-state index >= 15 is 0 Å². The van der Waals surface area contributed by atoms with Crippen molar-refractivity contribution in [2.24, 2.45) is 11.7 Å². The van der Waals surface area contributed by atoms with E-state index in [0.29, 0.717) is 23.7 Å². The summed E-state index contributed by atoms with van der Waals surface area (Å²) in [6.45, 7) is 0.595. The van der Waals surface area contributed by atoms with Crippen LogP contribution in [0.5, 0.6) is 0 Å². The van der Waals surface area contributed by atoms with Crippen LogP contribution in [0.3, 0.4) is 0 Å². The quantitative estimate of drug-likeness (QED) is 0.241. The Hall–Kier alpha value is -2.77. The molecule has 1 saturated heterocycles. The van der Waals surface area contributed by atoms with Crippen molar-refractivity contribution in [1.82, 2.24) is 0 Å². The number of nitrogens with zero attached hydrogens (tertiary/aromatic N) is 1. The Balaban J connectivity index is 0.00000380. The number of pyridine rings is 1. The number of nitrogens with two attached hydrogens (primary N) is 1. The molecule has 0 radical (unpaired) electrons. The van der Waals surface area contributed by atoms with Crippen molar-refractivity contribution >= 4 is 11.9 Å². The molecule has 1 saturated carbocycles. The second kappa shape index (κ2) is 14.2. The molecule has 4 rings (SSSR count). The molecule has 2 aliphatic rings. The third kappa shape index (κ3) is 7.62. The van der Waals surface area contributed by atoms with Gasteiger partial charge < -0.3 is 41.7 Å². The first kappa shape index (κ1) is 28.8. The van der Waals surface area contributed by atoms with Gasteiger partial charge in [0.15, 0.2) is 18.5 Å². The van der Waals surface area contributed by atoms with Crippen molar-refractivity contribution in [1.29, 1.82) is 0 Å². The molecule has 37 heavy (non-hydrogen) atoms. The van der Waals surface area contributed by atoms with Crippen LogP contribution in [-0.2, 0) is 18.9 Å². The van der Waals surface area contributed by atoms with Gasteiger partial charge >= 0.3 is 5.97 Å². The Kier molecular flexibility index (Phi) is 11.1. The summed E-state index contributed by atoms with van der Waals surface area (Å²) in [7, 11) is 0. The highest BCUT2D eigenvalue weighted by atomic mass is 79.9. The summed E-state index contributed by atoms with van der Waals surface area (Å²) in [5, 5.41) is 0. The minimum absolute atomic E-state index is 0. The van der Waals surface area contributed by atoms with Gasteiger partial charge in [-0.25, -0.2) is 4.79 Å². The molecule has 198 valence electrons. The zero-order chi connectivity index (χ0) is 25.3. The van der Waals surface area contributed by atoms with Gasteiger partial charge in [-0.15, -0.1) is 6.42 Å². The SMILES string of the molecule is C#CCO[C@@H]1[C@H](OCC2CCCCC2)[C@@H](COC(=O)c2ccccc2)O[C@H]1[n+]1cccc(C(N)=O)c1.[Br-]. The number of amides is 1. The van der Waals surface area contributed by atoms with Gasteiger partial charge in [-0.1, -0.05) is 43.4 Å². The van der Waals surface area contributed by atoms with E-state index < -0.39 is 36.4 Å². The molecule has 1 amide bonds. The fraction of sp³-hybridized carbons (Fsp3) is 0.464. The number of rotatable bonds is 10. The fourth-order valence-corrected chi connectivity index (χ4v) is 4.82. The normalized spacial score (nSPS) is 23.5. The second-order valence-corrected chi connectivity index (χ2v) is 9.22. The van der Waals surface area contributed by atoms with Gasteiger partial charge in [0.05, 0.1) is 12.2 Å². The van der Waals surface area contributed by atoms with Crippen LogP contribution < -0.4 is 27.3 Å². The van der Waals surface area contributed by atoms with Crippen molar-refractivity contribution < 1.29 is 50.1 Å². The standard InChI is InChI=1S/C28H32N2O6.BrH/c1-2-16-33-25-24(34-18-20-10-5-3-6-11-20)23(19-35-28(32)21-12-7-4-8-13-21)36-27(25)30-15-9-14-22(17-30)26(29)31;/h1,4,7-9,12-15,17,20,23-25,27H,3,5-6,10-11,16,18-19H2,(H-,29,31);1H/t23-,24-,25-,27-;/m1./s1. The first-order valence-corrected chi connectivity index (χ1v) is 12.4. The predicted molar refractivity (Wildman–Crippen MR) is 131 cm³/mol. The van der Waals surface area contributed by atoms with Crippen molar-refractivity contribution in [3.05, 3.63) is 66.0 Å². The Labute approximate surface area is 228 Å². The number of halogens is 1. The molecule has 9 heteroatoms. The summed E-state index contributed by atoms with van der Waals surface area (Å²) in [6.07, 6.45) is 12.4. The maximum Gasteiger partial charge on any atom is 0.338 e. The summed E-state index contributed by atoms with van der Waals surface area (Å²) >= 11 is 0. The Morgan fingerprint density at radius 1 is 1.00 bits per heavy atom. The highest BCUT2D eigenvalue weighted by Crippen LogP contribution is 2.33. The minimum atomic E-state index is -0.658. The van der Waals surface area contributed by atoms with Crippen molar-refractivity contribution in [2.45, 2.75) is 56.6 Å². The number of esters is 1. The lowest BCUT2D eigenvalue weighted by molar-refractivity contribution is -0.766. The van der Waals surface area contributed by atoms with E-state index in [9.17, 15) is 9.59 Å². The molecule has 2 aromatic rings. The van der Waals surface area contributed by atoms with Gasteiger partial charge in [0.1, 0.15) is 31.0 Å². The van der Waals surface area contributed by atoms with Crippen LogP contribution in [0, 0.1) is 18.3 Å². The average molecular weight is 573 g/mol. The van der Waals surface area contributed by atoms with Crippen molar-refractivity contribution in [3.63, 3.8) is 0 Å². The molecule has 0 bridgehead atoms. The Bertz CT molecular complexity index is 1070. The van der Waals surface area contributed by atoms with Crippen LogP contribution in [0.15, 0.2) is 54.9 Å². The molecule has 1 aliphatic heterocycles. The van der Waals surface area contributed by atoms with E-state index in [2.05, 4.69) is 5.92 Å². The van der Waals surface area contributed by atoms with Gasteiger partial charge in [0, 0.05) is 6.07 Å². The zero-order valence-electron chi connectivity index (χ0n) is 20.7. The number of hydrogen-bond donors (Lipinski definition) is 1. The smallest absolute Gasteiger partial charge is 0.338 e. The molecule has 0 spiro atoms. The van der Waals surface area contributed by atoms with Crippen LogP contribution in [0.4, 0.5) is 0 Å². The molecule has 2 fully saturated rings. The van der Waals surface area contributed by atoms with Crippen LogP contribution in [-0.4, -0.2) is 50.0 Å². The zero-order valence-corrected chi connectivity index (χ0v) is 22.3. The number of carbonyl (C=O) groups excluding carboxylic acids is 2. The largest absolute Gasteiger partial charge is 1.00 e. The maximum absolute atomic E-state index is 12.6. The predicted octanol–water partition coefficient (Wildman–Crippen LogP) is -0.185. The van der Waals surface area contributed by atoms with E-state index in [4.69, 9.17) is 31.1 Å². The van der Waals surface area contributed by atoms with Crippen LogP contribution in [0.2, 0.25) is 0 Å². The number of carbonyl (C=O) groups is 2. The number of benzene rings is 1. The molecule has 4 atom stereocenters. The van der Waals surface area contributed by atoms with Crippen molar-refractivity contribution in [3.8, 4) is 12.3 Å². The lowest BCUT2D eigenvalue weighted by atomic mass is 9.90. The number of primary amides is 1. The van der Waals surface area contributed by atoms with Gasteiger partial charge in [-0.3, -0.25) is 4.79 Å². The highest BCUT2D eigenvalue weighted by molar-refractivity contribution is 5.92. The van der Waals surface area contributed by atoms with E-state index in [1.807, 2.05) is 6.07 Å². The van der Waals surface area contributed by atoms with E-state index in [0.717, 1.165) is 12.8 Å². The van der Waals surface area contributed by atoms with Crippen LogP contribution >= 0.6 is 0 Å². The summed E-state index contributed by atoms with van der Waals surface area (Å²) in [5.41, 5.74) is 6.27. The van der Waals surface area contributed by atoms with Gasteiger partial charge in [-0.05, 0) is 37.0 Å². The molecular formula is C28H33BrN2O6. The highest BCUT2D eigenvalue weighted by Gasteiger charge is 2.52. The molecule has 1 aromatic carbocycles. The third-order valence-electron chi connectivity index (χ3n) is 6.68. The first-order chi connectivity index (χ1) is 17.6.